The van der Waals surface area contributed by atoms with E-state index in [1.165, 1.54) is 0 Å². The smallest absolute Gasteiger partial charge is 0.238 e. The summed E-state index contributed by atoms with van der Waals surface area (Å²) in [5, 5.41) is 3.59. The molecule has 196 valence electrons. The summed E-state index contributed by atoms with van der Waals surface area (Å²) < 4.78 is 0. The summed E-state index contributed by atoms with van der Waals surface area (Å²) in [6.45, 7) is 0. The molecule has 40 heavy (non-hydrogen) atoms. The highest BCUT2D eigenvalue weighted by molar-refractivity contribution is 6.35. The van der Waals surface area contributed by atoms with E-state index < -0.39 is 23.4 Å². The van der Waals surface area contributed by atoms with Crippen molar-refractivity contribution >= 4 is 52.4 Å². The number of nitrogens with one attached hydrogen (secondary N) is 1. The maximum absolute atomic E-state index is 14.8. The van der Waals surface area contributed by atoms with Gasteiger partial charge in [-0.2, -0.15) is 0 Å². The molecule has 1 spiro atoms. The lowest BCUT2D eigenvalue weighted by molar-refractivity contribution is -0.122. The van der Waals surface area contributed by atoms with Crippen molar-refractivity contribution in [3.8, 4) is 0 Å². The molecule has 0 aromatic heterocycles. The highest BCUT2D eigenvalue weighted by Crippen LogP contribution is 2.62. The van der Waals surface area contributed by atoms with Gasteiger partial charge in [-0.1, -0.05) is 89.9 Å². The first-order valence-corrected chi connectivity index (χ1v) is 13.7. The number of carbonyl (C=O) groups is 3. The standard InChI is InChI=1S/C33H22Cl2N2O3/c34-24-14-6-3-11-21(24)29(38)27-28(30(39)22-12-4-7-15-25(22)35)37-18-17-19-9-1-2-10-20(19)31(37)33(27)23-13-5-8-16-26(23)36-32(33)40/h1-18,27-28,31H,(H,36,40). The Labute approximate surface area is 241 Å². The first-order chi connectivity index (χ1) is 19.4. The number of hydrogen-bond donors (Lipinski definition) is 1. The van der Waals surface area contributed by atoms with Gasteiger partial charge in [0.2, 0.25) is 5.91 Å². The first-order valence-electron chi connectivity index (χ1n) is 13.0. The summed E-state index contributed by atoms with van der Waals surface area (Å²) in [4.78, 5) is 45.6. The van der Waals surface area contributed by atoms with Crippen LogP contribution in [0.1, 0.15) is 43.4 Å². The molecule has 1 fully saturated rings. The number of para-hydroxylation sites is 1. The zero-order valence-electron chi connectivity index (χ0n) is 21.1. The van der Waals surface area contributed by atoms with Crippen molar-refractivity contribution < 1.29 is 14.4 Å². The lowest BCUT2D eigenvalue weighted by Crippen LogP contribution is -2.49. The van der Waals surface area contributed by atoms with E-state index in [2.05, 4.69) is 5.32 Å². The van der Waals surface area contributed by atoms with Gasteiger partial charge in [0, 0.05) is 23.0 Å². The average molecular weight is 565 g/mol. The monoisotopic (exact) mass is 564 g/mol. The fraction of sp³-hybridized carbons (Fsp3) is 0.121. The summed E-state index contributed by atoms with van der Waals surface area (Å²) in [6, 6.07) is 27.1. The van der Waals surface area contributed by atoms with Gasteiger partial charge >= 0.3 is 0 Å². The quantitative estimate of drug-likeness (QED) is 0.272. The van der Waals surface area contributed by atoms with E-state index in [1.807, 2.05) is 65.7 Å². The molecule has 7 heteroatoms. The van der Waals surface area contributed by atoms with Crippen LogP contribution < -0.4 is 5.32 Å². The molecule has 1 amide bonds. The van der Waals surface area contributed by atoms with E-state index in [4.69, 9.17) is 23.2 Å². The van der Waals surface area contributed by atoms with Gasteiger partial charge in [-0.15, -0.1) is 0 Å². The topological polar surface area (TPSA) is 66.5 Å². The van der Waals surface area contributed by atoms with Gasteiger partial charge < -0.3 is 10.2 Å². The number of hydrogen-bond acceptors (Lipinski definition) is 4. The number of rotatable bonds is 4. The lowest BCUT2D eigenvalue weighted by Gasteiger charge is -2.38. The Balaban J connectivity index is 1.57. The molecular formula is C33H22Cl2N2O3. The second-order valence-corrected chi connectivity index (χ2v) is 11.1. The number of fused-ring (bicyclic) bond motifs is 6. The van der Waals surface area contributed by atoms with Gasteiger partial charge in [-0.25, -0.2) is 0 Å². The fourth-order valence-corrected chi connectivity index (χ4v) is 7.27. The molecule has 4 aromatic rings. The van der Waals surface area contributed by atoms with Gasteiger partial charge in [0.1, 0.15) is 11.5 Å². The van der Waals surface area contributed by atoms with E-state index in [0.717, 1.165) is 11.1 Å². The van der Waals surface area contributed by atoms with Crippen LogP contribution in [0.5, 0.6) is 0 Å². The van der Waals surface area contributed by atoms with Gasteiger partial charge in [-0.3, -0.25) is 14.4 Å². The largest absolute Gasteiger partial charge is 0.358 e. The van der Waals surface area contributed by atoms with Gasteiger partial charge in [-0.05, 0) is 53.1 Å². The predicted octanol–water partition coefficient (Wildman–Crippen LogP) is 6.98. The van der Waals surface area contributed by atoms with Crippen LogP contribution in [0.3, 0.4) is 0 Å². The first kappa shape index (κ1) is 24.8. The van der Waals surface area contributed by atoms with Crippen LogP contribution in [-0.4, -0.2) is 28.4 Å². The zero-order valence-corrected chi connectivity index (χ0v) is 22.6. The Hall–Kier alpha value is -4.19. The van der Waals surface area contributed by atoms with Crippen LogP contribution in [0, 0.1) is 5.92 Å². The van der Waals surface area contributed by atoms with E-state index in [0.29, 0.717) is 16.8 Å². The number of halogens is 2. The van der Waals surface area contributed by atoms with Crippen LogP contribution in [0.25, 0.3) is 6.08 Å². The number of anilines is 1. The van der Waals surface area contributed by atoms with Crippen molar-refractivity contribution in [1.29, 1.82) is 0 Å². The van der Waals surface area contributed by atoms with Gasteiger partial charge in [0.15, 0.2) is 11.6 Å². The van der Waals surface area contributed by atoms with Crippen LogP contribution in [0.15, 0.2) is 103 Å². The molecule has 4 aromatic carbocycles. The fourth-order valence-electron chi connectivity index (χ4n) is 6.82. The number of Topliss-reactive ketones (excluding diaryl/α,β-unsaturated/α-hetero) is 2. The predicted molar refractivity (Wildman–Crippen MR) is 156 cm³/mol. The minimum absolute atomic E-state index is 0.263. The number of nitrogens with zero attached hydrogens (tertiary/aromatic N) is 1. The molecule has 0 aliphatic carbocycles. The Morgan fingerprint density at radius 3 is 2.08 bits per heavy atom. The van der Waals surface area contributed by atoms with Gasteiger partial charge in [0.05, 0.1) is 22.0 Å². The summed E-state index contributed by atoms with van der Waals surface area (Å²) in [5.74, 6) is -2.14. The Bertz CT molecular complexity index is 1770. The summed E-state index contributed by atoms with van der Waals surface area (Å²) in [6.07, 6.45) is 3.76. The van der Waals surface area contributed by atoms with Crippen molar-refractivity contribution in [3.63, 3.8) is 0 Å². The van der Waals surface area contributed by atoms with Gasteiger partial charge in [0.25, 0.3) is 0 Å². The van der Waals surface area contributed by atoms with Crippen LogP contribution >= 0.6 is 23.2 Å². The molecule has 1 N–H and O–H groups in total. The molecular weight excluding hydrogens is 543 g/mol. The highest BCUT2D eigenvalue weighted by atomic mass is 35.5. The van der Waals surface area contributed by atoms with Crippen molar-refractivity contribution in [2.24, 2.45) is 5.92 Å². The molecule has 5 nitrogen and oxygen atoms in total. The molecule has 3 heterocycles. The molecule has 7 rings (SSSR count). The summed E-state index contributed by atoms with van der Waals surface area (Å²) in [5.41, 5.74) is 2.23. The van der Waals surface area contributed by atoms with Crippen LogP contribution in [0.4, 0.5) is 5.69 Å². The van der Waals surface area contributed by atoms with E-state index in [9.17, 15) is 14.4 Å². The Morgan fingerprint density at radius 2 is 1.35 bits per heavy atom. The molecule has 0 radical (unpaired) electrons. The molecule has 0 saturated carbocycles. The van der Waals surface area contributed by atoms with Crippen molar-refractivity contribution in [1.82, 2.24) is 4.90 Å². The third-order valence-corrected chi connectivity index (χ3v) is 9.06. The van der Waals surface area contributed by atoms with Crippen LogP contribution in [0.2, 0.25) is 10.0 Å². The molecule has 3 aliphatic rings. The van der Waals surface area contributed by atoms with E-state index in [-0.39, 0.29) is 33.1 Å². The molecule has 4 atom stereocenters. The number of ketones is 2. The summed E-state index contributed by atoms with van der Waals surface area (Å²) >= 11 is 13.1. The SMILES string of the molecule is O=C(c1ccccc1Cl)C1C(C(=O)c2ccccc2Cl)C2(C(=O)Nc3ccccc32)C2c3ccccc3C=CN12. The highest BCUT2D eigenvalue weighted by Gasteiger charge is 2.70. The second-order valence-electron chi connectivity index (χ2n) is 10.3. The average Bonchev–Trinajstić information content (AvgIpc) is 3.45. The lowest BCUT2D eigenvalue weighted by atomic mass is 9.62. The third-order valence-electron chi connectivity index (χ3n) is 8.40. The van der Waals surface area contributed by atoms with Crippen molar-refractivity contribution in [2.45, 2.75) is 17.5 Å². The molecule has 3 aliphatic heterocycles. The Morgan fingerprint density at radius 1 is 0.750 bits per heavy atom. The van der Waals surface area contributed by atoms with E-state index >= 15 is 0 Å². The zero-order chi connectivity index (χ0) is 27.6. The normalized spacial score (nSPS) is 23.9. The molecule has 0 bridgehead atoms. The minimum Gasteiger partial charge on any atom is -0.358 e. The second kappa shape index (κ2) is 9.19. The third kappa shape index (κ3) is 3.31. The van der Waals surface area contributed by atoms with Crippen LogP contribution in [-0.2, 0) is 10.2 Å². The Kier molecular flexibility index (Phi) is 5.70. The molecule has 4 unspecified atom stereocenters. The maximum atomic E-state index is 14.8. The summed E-state index contributed by atoms with van der Waals surface area (Å²) in [7, 11) is 0. The number of benzene rings is 4. The molecule has 1 saturated heterocycles. The minimum atomic E-state index is -1.42. The number of amides is 1. The number of carbonyl (C=O) groups excluding carboxylic acids is 3. The van der Waals surface area contributed by atoms with Crippen molar-refractivity contribution in [3.05, 3.63) is 141 Å². The maximum Gasteiger partial charge on any atom is 0.238 e. The van der Waals surface area contributed by atoms with Crippen molar-refractivity contribution in [2.75, 3.05) is 5.32 Å². The van der Waals surface area contributed by atoms with E-state index in [1.54, 1.807) is 48.5 Å².